The molecule has 88 valence electrons. The van der Waals surface area contributed by atoms with Gasteiger partial charge < -0.3 is 4.74 Å². The van der Waals surface area contributed by atoms with Crippen LogP contribution in [0.4, 0.5) is 13.2 Å². The van der Waals surface area contributed by atoms with Crippen LogP contribution in [0, 0.1) is 0 Å². The molecule has 1 fully saturated rings. The van der Waals surface area contributed by atoms with Gasteiger partial charge in [-0.1, -0.05) is 13.0 Å². The average molecular weight is 230 g/mol. The lowest BCUT2D eigenvalue weighted by molar-refractivity contribution is -0.138. The minimum atomic E-state index is -4.30. The number of alkyl halides is 3. The van der Waals surface area contributed by atoms with Gasteiger partial charge in [0.2, 0.25) is 0 Å². The molecule has 0 aromatic heterocycles. The monoisotopic (exact) mass is 230 g/mol. The van der Waals surface area contributed by atoms with Crippen LogP contribution in [0.3, 0.4) is 0 Å². The lowest BCUT2D eigenvalue weighted by Crippen LogP contribution is -2.09. The Morgan fingerprint density at radius 1 is 1.31 bits per heavy atom. The van der Waals surface area contributed by atoms with Crippen molar-refractivity contribution in [3.8, 4) is 5.75 Å². The molecule has 1 saturated carbocycles. The fourth-order valence-corrected chi connectivity index (χ4v) is 1.58. The molecule has 4 heteroatoms. The van der Waals surface area contributed by atoms with Crippen molar-refractivity contribution >= 4 is 0 Å². The molecule has 1 nitrogen and oxygen atoms in total. The second-order valence-corrected chi connectivity index (χ2v) is 3.99. The minimum Gasteiger partial charge on any atom is -0.490 e. The van der Waals surface area contributed by atoms with Crippen LogP contribution in [-0.4, -0.2) is 6.10 Å². The summed E-state index contributed by atoms with van der Waals surface area (Å²) < 4.78 is 43.5. The van der Waals surface area contributed by atoms with E-state index in [0.29, 0.717) is 17.7 Å². The molecule has 0 unspecified atom stereocenters. The van der Waals surface area contributed by atoms with Crippen LogP contribution >= 0.6 is 0 Å². The van der Waals surface area contributed by atoms with Gasteiger partial charge in [0.1, 0.15) is 5.75 Å². The molecule has 1 aliphatic carbocycles. The molecule has 0 atom stereocenters. The van der Waals surface area contributed by atoms with Crippen molar-refractivity contribution in [3.05, 3.63) is 29.3 Å². The van der Waals surface area contributed by atoms with Crippen molar-refractivity contribution in [3.63, 3.8) is 0 Å². The highest BCUT2D eigenvalue weighted by atomic mass is 19.4. The Hall–Kier alpha value is -1.19. The predicted molar refractivity (Wildman–Crippen MR) is 54.5 cm³/mol. The van der Waals surface area contributed by atoms with Crippen molar-refractivity contribution in [1.29, 1.82) is 0 Å². The maximum absolute atomic E-state index is 12.7. The van der Waals surface area contributed by atoms with Crippen LogP contribution in [0.2, 0.25) is 0 Å². The highest BCUT2D eigenvalue weighted by Crippen LogP contribution is 2.36. The van der Waals surface area contributed by atoms with Crippen molar-refractivity contribution in [1.82, 2.24) is 0 Å². The van der Waals surface area contributed by atoms with E-state index >= 15 is 0 Å². The number of halogens is 3. The zero-order chi connectivity index (χ0) is 11.8. The summed E-state index contributed by atoms with van der Waals surface area (Å²) in [5.41, 5.74) is -0.260. The van der Waals surface area contributed by atoms with Gasteiger partial charge in [-0.2, -0.15) is 13.2 Å². The summed E-state index contributed by atoms with van der Waals surface area (Å²) in [6, 6.07) is 4.23. The standard InChI is InChI=1S/C12H13F3O/c1-2-8-3-4-10(16-9-5-6-9)7-11(8)12(13,14)15/h3-4,7,9H,2,5-6H2,1H3. The SMILES string of the molecule is CCc1ccc(OC2CC2)cc1C(F)(F)F. The van der Waals surface area contributed by atoms with Gasteiger partial charge in [-0.05, 0) is 37.0 Å². The molecule has 0 aliphatic heterocycles. The van der Waals surface area contributed by atoms with Crippen molar-refractivity contribution in [2.24, 2.45) is 0 Å². The van der Waals surface area contributed by atoms with Gasteiger partial charge in [0.25, 0.3) is 0 Å². The molecular formula is C12H13F3O. The zero-order valence-corrected chi connectivity index (χ0v) is 8.97. The van der Waals surface area contributed by atoms with Crippen LogP contribution in [0.5, 0.6) is 5.75 Å². The molecule has 0 saturated heterocycles. The highest BCUT2D eigenvalue weighted by molar-refractivity contribution is 5.37. The Morgan fingerprint density at radius 3 is 2.50 bits per heavy atom. The summed E-state index contributed by atoms with van der Waals surface area (Å²) in [7, 11) is 0. The summed E-state index contributed by atoms with van der Waals surface area (Å²) >= 11 is 0. The molecule has 0 amide bonds. The highest BCUT2D eigenvalue weighted by Gasteiger charge is 2.34. The fourth-order valence-electron chi connectivity index (χ4n) is 1.58. The van der Waals surface area contributed by atoms with Crippen LogP contribution in [0.25, 0.3) is 0 Å². The van der Waals surface area contributed by atoms with E-state index in [4.69, 9.17) is 4.74 Å². The maximum Gasteiger partial charge on any atom is 0.416 e. The Balaban J connectivity index is 2.29. The van der Waals surface area contributed by atoms with E-state index < -0.39 is 11.7 Å². The molecule has 2 rings (SSSR count). The first-order chi connectivity index (χ1) is 7.50. The fraction of sp³-hybridized carbons (Fsp3) is 0.500. The van der Waals surface area contributed by atoms with E-state index in [-0.39, 0.29) is 6.10 Å². The third kappa shape index (κ3) is 2.49. The molecule has 0 N–H and O–H groups in total. The number of rotatable bonds is 3. The van der Waals surface area contributed by atoms with E-state index in [1.807, 2.05) is 0 Å². The van der Waals surface area contributed by atoms with Crippen LogP contribution in [0.1, 0.15) is 30.9 Å². The Bertz CT molecular complexity index is 380. The third-order valence-corrected chi connectivity index (χ3v) is 2.59. The molecule has 1 aliphatic rings. The maximum atomic E-state index is 12.7. The normalized spacial score (nSPS) is 16.2. The third-order valence-electron chi connectivity index (χ3n) is 2.59. The van der Waals surface area contributed by atoms with E-state index in [9.17, 15) is 13.2 Å². The van der Waals surface area contributed by atoms with Gasteiger partial charge in [0.15, 0.2) is 0 Å². The summed E-state index contributed by atoms with van der Waals surface area (Å²) in [6.07, 6.45) is -1.92. The van der Waals surface area contributed by atoms with E-state index in [0.717, 1.165) is 18.9 Å². The first kappa shape index (κ1) is 11.3. The molecule has 0 spiro atoms. The Kier molecular flexibility index (Phi) is 2.82. The largest absolute Gasteiger partial charge is 0.490 e. The number of benzene rings is 1. The summed E-state index contributed by atoms with van der Waals surface area (Å²) in [5, 5.41) is 0. The lowest BCUT2D eigenvalue weighted by Gasteiger charge is -2.13. The molecule has 1 aromatic rings. The van der Waals surface area contributed by atoms with Gasteiger partial charge in [-0.15, -0.1) is 0 Å². The predicted octanol–water partition coefficient (Wildman–Crippen LogP) is 3.81. The van der Waals surface area contributed by atoms with Crippen molar-refractivity contribution in [2.45, 2.75) is 38.5 Å². The molecule has 16 heavy (non-hydrogen) atoms. The summed E-state index contributed by atoms with van der Waals surface area (Å²) in [4.78, 5) is 0. The second kappa shape index (κ2) is 4.00. The molecular weight excluding hydrogens is 217 g/mol. The van der Waals surface area contributed by atoms with Gasteiger partial charge >= 0.3 is 6.18 Å². The van der Waals surface area contributed by atoms with E-state index in [2.05, 4.69) is 0 Å². The van der Waals surface area contributed by atoms with Gasteiger partial charge in [-0.3, -0.25) is 0 Å². The molecule has 1 aromatic carbocycles. The summed E-state index contributed by atoms with van der Waals surface area (Å²) in [5.74, 6) is 0.326. The van der Waals surface area contributed by atoms with Crippen molar-refractivity contribution in [2.75, 3.05) is 0 Å². The van der Waals surface area contributed by atoms with E-state index in [1.54, 1.807) is 13.0 Å². The number of hydrogen-bond acceptors (Lipinski definition) is 1. The topological polar surface area (TPSA) is 9.23 Å². The van der Waals surface area contributed by atoms with Crippen LogP contribution < -0.4 is 4.74 Å². The smallest absolute Gasteiger partial charge is 0.416 e. The second-order valence-electron chi connectivity index (χ2n) is 3.99. The number of hydrogen-bond donors (Lipinski definition) is 0. The quantitative estimate of drug-likeness (QED) is 0.767. The van der Waals surface area contributed by atoms with E-state index in [1.165, 1.54) is 6.07 Å². The van der Waals surface area contributed by atoms with Gasteiger partial charge in [0, 0.05) is 0 Å². The average Bonchev–Trinajstić information content (AvgIpc) is 3.00. The number of aryl methyl sites for hydroxylation is 1. The zero-order valence-electron chi connectivity index (χ0n) is 8.97. The summed E-state index contributed by atoms with van der Waals surface area (Å²) in [6.45, 7) is 1.71. The Morgan fingerprint density at radius 2 is 2.00 bits per heavy atom. The number of ether oxygens (including phenoxy) is 1. The molecule has 0 radical (unpaired) electrons. The van der Waals surface area contributed by atoms with Crippen molar-refractivity contribution < 1.29 is 17.9 Å². The minimum absolute atomic E-state index is 0.119. The first-order valence-electron chi connectivity index (χ1n) is 5.37. The van der Waals surface area contributed by atoms with Crippen LogP contribution in [0.15, 0.2) is 18.2 Å². The first-order valence-corrected chi connectivity index (χ1v) is 5.37. The lowest BCUT2D eigenvalue weighted by atomic mass is 10.0. The van der Waals surface area contributed by atoms with Crippen LogP contribution in [-0.2, 0) is 12.6 Å². The molecule has 0 heterocycles. The molecule has 0 bridgehead atoms. The Labute approximate surface area is 92.2 Å². The van der Waals surface area contributed by atoms with Gasteiger partial charge in [0.05, 0.1) is 11.7 Å². The van der Waals surface area contributed by atoms with Gasteiger partial charge in [-0.25, -0.2) is 0 Å².